The molecular weight excluding hydrogens is 228 g/mol. The van der Waals surface area contributed by atoms with E-state index in [4.69, 9.17) is 0 Å². The van der Waals surface area contributed by atoms with Crippen LogP contribution in [0.5, 0.6) is 0 Å². The summed E-state index contributed by atoms with van der Waals surface area (Å²) in [5, 5.41) is 16.8. The predicted molar refractivity (Wildman–Crippen MR) is 56.5 cm³/mol. The summed E-state index contributed by atoms with van der Waals surface area (Å²) in [4.78, 5) is 0. The van der Waals surface area contributed by atoms with Gasteiger partial charge in [-0.15, -0.1) is 5.10 Å². The van der Waals surface area contributed by atoms with Gasteiger partial charge in [-0.05, 0) is 18.6 Å². The Morgan fingerprint density at radius 1 is 1.35 bits per heavy atom. The summed E-state index contributed by atoms with van der Waals surface area (Å²) >= 11 is 0. The maximum absolute atomic E-state index is 13.4. The van der Waals surface area contributed by atoms with Gasteiger partial charge >= 0.3 is 0 Å². The molecule has 1 heterocycles. The molecule has 0 spiro atoms. The maximum Gasteiger partial charge on any atom is 0.151 e. The van der Waals surface area contributed by atoms with Crippen molar-refractivity contribution in [1.29, 1.82) is 0 Å². The normalized spacial score (nSPS) is 12.7. The number of hydrogen-bond acceptors (Lipinski definition) is 3. The van der Waals surface area contributed by atoms with Gasteiger partial charge in [-0.1, -0.05) is 18.2 Å². The van der Waals surface area contributed by atoms with Gasteiger partial charge in [-0.2, -0.15) is 0 Å². The molecule has 1 aromatic heterocycles. The van der Waals surface area contributed by atoms with Crippen molar-refractivity contribution in [2.24, 2.45) is 0 Å². The Labute approximate surface area is 96.5 Å². The van der Waals surface area contributed by atoms with E-state index in [1.165, 1.54) is 12.3 Å². The van der Waals surface area contributed by atoms with E-state index in [9.17, 15) is 13.9 Å². The van der Waals surface area contributed by atoms with E-state index in [1.807, 2.05) is 0 Å². The van der Waals surface area contributed by atoms with Gasteiger partial charge in [0.15, 0.2) is 11.6 Å². The summed E-state index contributed by atoms with van der Waals surface area (Å²) in [6, 6.07) is 3.54. The highest BCUT2D eigenvalue weighted by Gasteiger charge is 2.15. The van der Waals surface area contributed by atoms with Crippen LogP contribution in [-0.2, 0) is 0 Å². The van der Waals surface area contributed by atoms with Crippen LogP contribution in [-0.4, -0.2) is 20.1 Å². The molecule has 1 unspecified atom stereocenters. The lowest BCUT2D eigenvalue weighted by molar-refractivity contribution is 0.169. The molecule has 0 aliphatic carbocycles. The van der Waals surface area contributed by atoms with E-state index in [0.717, 1.165) is 16.8 Å². The van der Waals surface area contributed by atoms with Crippen molar-refractivity contribution < 1.29 is 13.9 Å². The minimum Gasteiger partial charge on any atom is -0.387 e. The van der Waals surface area contributed by atoms with Crippen LogP contribution in [0.4, 0.5) is 8.78 Å². The Morgan fingerprint density at radius 3 is 2.59 bits per heavy atom. The molecule has 0 aliphatic heterocycles. The summed E-state index contributed by atoms with van der Waals surface area (Å²) in [7, 11) is 0. The lowest BCUT2D eigenvalue weighted by Gasteiger charge is -2.03. The third kappa shape index (κ3) is 2.16. The molecule has 0 saturated carbocycles. The van der Waals surface area contributed by atoms with Gasteiger partial charge < -0.3 is 5.11 Å². The molecule has 0 radical (unpaired) electrons. The molecule has 0 bridgehead atoms. The number of aromatic nitrogens is 3. The van der Waals surface area contributed by atoms with Crippen LogP contribution in [0, 0.1) is 11.6 Å². The number of aliphatic hydroxyl groups excluding tert-OH is 1. The van der Waals surface area contributed by atoms with Gasteiger partial charge in [-0.3, -0.25) is 0 Å². The largest absolute Gasteiger partial charge is 0.387 e. The topological polar surface area (TPSA) is 50.9 Å². The first kappa shape index (κ1) is 11.7. The summed E-state index contributed by atoms with van der Waals surface area (Å²) in [6.07, 6.45) is 0.993. The van der Waals surface area contributed by atoms with Crippen molar-refractivity contribution in [2.45, 2.75) is 19.4 Å². The Morgan fingerprint density at radius 2 is 2.00 bits per heavy atom. The van der Waals surface area contributed by atoms with E-state index in [1.54, 1.807) is 6.92 Å². The number of nitrogens with zero attached hydrogens (tertiary/aromatic N) is 3. The molecule has 90 valence electrons. The number of rotatable bonds is 3. The Hall–Kier alpha value is -1.82. The minimum absolute atomic E-state index is 0.287. The van der Waals surface area contributed by atoms with Crippen molar-refractivity contribution in [1.82, 2.24) is 15.0 Å². The van der Waals surface area contributed by atoms with Crippen molar-refractivity contribution >= 4 is 0 Å². The van der Waals surface area contributed by atoms with Gasteiger partial charge in [0.1, 0.15) is 11.4 Å². The standard InChI is InChI=1S/C11H11F2N3O/c1-2-10(17)9-6-16(15-14-9)11-7(12)4-3-5-8(11)13/h3-6,10,17H,2H2,1H3. The second-order valence-corrected chi connectivity index (χ2v) is 3.58. The Bertz CT molecular complexity index is 507. The van der Waals surface area contributed by atoms with E-state index in [2.05, 4.69) is 10.3 Å². The fourth-order valence-electron chi connectivity index (χ4n) is 1.46. The van der Waals surface area contributed by atoms with Crippen LogP contribution in [0.2, 0.25) is 0 Å². The number of benzene rings is 1. The summed E-state index contributed by atoms with van der Waals surface area (Å²) < 4.78 is 27.9. The molecule has 0 amide bonds. The fourth-order valence-corrected chi connectivity index (χ4v) is 1.46. The van der Waals surface area contributed by atoms with E-state index < -0.39 is 17.7 Å². The first-order chi connectivity index (χ1) is 8.13. The van der Waals surface area contributed by atoms with Crippen LogP contribution in [0.1, 0.15) is 25.1 Å². The smallest absolute Gasteiger partial charge is 0.151 e. The van der Waals surface area contributed by atoms with Crippen LogP contribution >= 0.6 is 0 Å². The third-order valence-corrected chi connectivity index (χ3v) is 2.41. The number of para-hydroxylation sites is 1. The number of aliphatic hydroxyl groups is 1. The lowest BCUT2D eigenvalue weighted by atomic mass is 10.2. The highest BCUT2D eigenvalue weighted by Crippen LogP contribution is 2.19. The van der Waals surface area contributed by atoms with E-state index in [-0.39, 0.29) is 11.4 Å². The van der Waals surface area contributed by atoms with Gasteiger partial charge in [0.05, 0.1) is 12.3 Å². The van der Waals surface area contributed by atoms with E-state index in [0.29, 0.717) is 6.42 Å². The fraction of sp³-hybridized carbons (Fsp3) is 0.273. The molecule has 2 rings (SSSR count). The molecule has 17 heavy (non-hydrogen) atoms. The van der Waals surface area contributed by atoms with Crippen LogP contribution in [0.15, 0.2) is 24.4 Å². The molecule has 0 aliphatic rings. The molecule has 1 N–H and O–H groups in total. The second-order valence-electron chi connectivity index (χ2n) is 3.58. The molecular formula is C11H11F2N3O. The quantitative estimate of drug-likeness (QED) is 0.891. The maximum atomic E-state index is 13.4. The monoisotopic (exact) mass is 239 g/mol. The average molecular weight is 239 g/mol. The van der Waals surface area contributed by atoms with Crippen LogP contribution in [0.25, 0.3) is 5.69 Å². The Balaban J connectivity index is 2.44. The lowest BCUT2D eigenvalue weighted by Crippen LogP contribution is -2.02. The van der Waals surface area contributed by atoms with Gasteiger partial charge in [0.25, 0.3) is 0 Å². The molecule has 1 atom stereocenters. The molecule has 2 aromatic rings. The van der Waals surface area contributed by atoms with Gasteiger partial charge in [0, 0.05) is 0 Å². The molecule has 4 nitrogen and oxygen atoms in total. The van der Waals surface area contributed by atoms with Crippen LogP contribution < -0.4 is 0 Å². The van der Waals surface area contributed by atoms with Gasteiger partial charge in [0.2, 0.25) is 0 Å². The zero-order valence-corrected chi connectivity index (χ0v) is 9.14. The van der Waals surface area contributed by atoms with E-state index >= 15 is 0 Å². The van der Waals surface area contributed by atoms with Gasteiger partial charge in [-0.25, -0.2) is 13.5 Å². The SMILES string of the molecule is CCC(O)c1cn(-c2c(F)cccc2F)nn1. The third-order valence-electron chi connectivity index (χ3n) is 2.41. The predicted octanol–water partition coefficient (Wildman–Crippen LogP) is 1.99. The molecule has 0 fully saturated rings. The first-order valence-corrected chi connectivity index (χ1v) is 5.18. The highest BCUT2D eigenvalue weighted by molar-refractivity contribution is 5.34. The summed E-state index contributed by atoms with van der Waals surface area (Å²) in [5.41, 5.74) is -0.00953. The van der Waals surface area contributed by atoms with Crippen molar-refractivity contribution in [3.63, 3.8) is 0 Å². The average Bonchev–Trinajstić information content (AvgIpc) is 2.77. The zero-order valence-electron chi connectivity index (χ0n) is 9.14. The summed E-state index contributed by atoms with van der Waals surface area (Å²) in [5.74, 6) is -1.46. The molecule has 6 heteroatoms. The molecule has 1 aromatic carbocycles. The first-order valence-electron chi connectivity index (χ1n) is 5.18. The summed E-state index contributed by atoms with van der Waals surface area (Å²) in [6.45, 7) is 1.77. The number of hydrogen-bond donors (Lipinski definition) is 1. The highest BCUT2D eigenvalue weighted by atomic mass is 19.1. The Kier molecular flexibility index (Phi) is 3.14. The van der Waals surface area contributed by atoms with Crippen molar-refractivity contribution in [3.8, 4) is 5.69 Å². The number of halogens is 2. The zero-order chi connectivity index (χ0) is 12.4. The second kappa shape index (κ2) is 4.58. The minimum atomic E-state index is -0.779. The molecule has 0 saturated heterocycles. The van der Waals surface area contributed by atoms with Crippen molar-refractivity contribution in [2.75, 3.05) is 0 Å². The van der Waals surface area contributed by atoms with Crippen LogP contribution in [0.3, 0.4) is 0 Å². The van der Waals surface area contributed by atoms with Crippen molar-refractivity contribution in [3.05, 3.63) is 41.7 Å².